The number of hydrogen-bond donors (Lipinski definition) is 0. The molecule has 0 N–H and O–H groups in total. The molecule has 1 aromatic carbocycles. The number of carbonyl (C=O) groups excluding carboxylic acids is 1. The minimum absolute atomic E-state index is 0.0826. The monoisotopic (exact) mass is 260 g/mol. The number of ether oxygens (including phenoxy) is 1. The summed E-state index contributed by atoms with van der Waals surface area (Å²) in [5, 5.41) is 0. The van der Waals surface area contributed by atoms with E-state index in [2.05, 4.69) is 0 Å². The molecule has 0 fully saturated rings. The maximum Gasteiger partial charge on any atom is 0.416 e. The largest absolute Gasteiger partial charge is 0.416 e. The maximum atomic E-state index is 12.3. The van der Waals surface area contributed by atoms with Crippen LogP contribution in [-0.4, -0.2) is 18.5 Å². The van der Waals surface area contributed by atoms with Gasteiger partial charge in [-0.15, -0.1) is 0 Å². The van der Waals surface area contributed by atoms with Gasteiger partial charge in [0.2, 0.25) is 0 Å². The lowest BCUT2D eigenvalue weighted by molar-refractivity contribution is -0.137. The van der Waals surface area contributed by atoms with Crippen molar-refractivity contribution in [1.29, 1.82) is 0 Å². The lowest BCUT2D eigenvalue weighted by Crippen LogP contribution is -2.22. The van der Waals surface area contributed by atoms with Gasteiger partial charge >= 0.3 is 6.18 Å². The van der Waals surface area contributed by atoms with Gasteiger partial charge in [-0.1, -0.05) is 12.1 Å². The second-order valence-electron chi connectivity index (χ2n) is 3.94. The van der Waals surface area contributed by atoms with Gasteiger partial charge in [0.05, 0.1) is 5.56 Å². The van der Waals surface area contributed by atoms with Gasteiger partial charge in [0.1, 0.15) is 6.10 Å². The third-order valence-corrected chi connectivity index (χ3v) is 2.53. The number of carbonyl (C=O) groups is 1. The molecule has 0 spiro atoms. The summed E-state index contributed by atoms with van der Waals surface area (Å²) in [4.78, 5) is 11.6. The number of halogens is 3. The van der Waals surface area contributed by atoms with E-state index in [4.69, 9.17) is 4.74 Å². The van der Waals surface area contributed by atoms with E-state index in [-0.39, 0.29) is 12.2 Å². The van der Waals surface area contributed by atoms with Crippen LogP contribution in [0, 0.1) is 0 Å². The molecule has 0 saturated heterocycles. The van der Waals surface area contributed by atoms with E-state index in [1.54, 1.807) is 13.8 Å². The molecule has 1 aromatic rings. The SMILES string of the molecule is CCOC(C)C(=O)Cc1ccc(C(F)(F)F)cc1. The molecule has 0 amide bonds. The van der Waals surface area contributed by atoms with Crippen LogP contribution in [0.1, 0.15) is 25.0 Å². The van der Waals surface area contributed by atoms with Gasteiger partial charge in [0.25, 0.3) is 0 Å². The van der Waals surface area contributed by atoms with Crippen molar-refractivity contribution in [2.45, 2.75) is 32.5 Å². The molecule has 0 aliphatic carbocycles. The van der Waals surface area contributed by atoms with Crippen LogP contribution in [0.15, 0.2) is 24.3 Å². The normalized spacial score (nSPS) is 13.4. The lowest BCUT2D eigenvalue weighted by Gasteiger charge is -2.11. The summed E-state index contributed by atoms with van der Waals surface area (Å²) in [6.07, 6.45) is -4.79. The average molecular weight is 260 g/mol. The average Bonchev–Trinajstić information content (AvgIpc) is 2.28. The van der Waals surface area contributed by atoms with Gasteiger partial charge in [0.15, 0.2) is 5.78 Å². The summed E-state index contributed by atoms with van der Waals surface area (Å²) >= 11 is 0. The molecule has 2 nitrogen and oxygen atoms in total. The molecule has 1 atom stereocenters. The Balaban J connectivity index is 2.67. The van der Waals surface area contributed by atoms with Crippen LogP contribution in [0.4, 0.5) is 13.2 Å². The molecule has 18 heavy (non-hydrogen) atoms. The van der Waals surface area contributed by atoms with E-state index in [0.717, 1.165) is 12.1 Å². The molecule has 1 unspecified atom stereocenters. The molecule has 0 aliphatic rings. The number of rotatable bonds is 5. The summed E-state index contributed by atoms with van der Waals surface area (Å²) in [6, 6.07) is 4.60. The molecule has 100 valence electrons. The molecular formula is C13H15F3O2. The third-order valence-electron chi connectivity index (χ3n) is 2.53. The number of benzene rings is 1. The third kappa shape index (κ3) is 4.14. The smallest absolute Gasteiger partial charge is 0.371 e. The van der Waals surface area contributed by atoms with Crippen LogP contribution in [0.3, 0.4) is 0 Å². The number of hydrogen-bond acceptors (Lipinski definition) is 2. The quantitative estimate of drug-likeness (QED) is 0.812. The standard InChI is InChI=1S/C13H15F3O2/c1-3-18-9(2)12(17)8-10-4-6-11(7-5-10)13(14,15)16/h4-7,9H,3,8H2,1-2H3. The Kier molecular flexibility index (Phi) is 4.90. The fourth-order valence-corrected chi connectivity index (χ4v) is 1.50. The highest BCUT2D eigenvalue weighted by atomic mass is 19.4. The van der Waals surface area contributed by atoms with Crippen LogP contribution < -0.4 is 0 Å². The number of ketones is 1. The van der Waals surface area contributed by atoms with Crippen molar-refractivity contribution in [3.05, 3.63) is 35.4 Å². The summed E-state index contributed by atoms with van der Waals surface area (Å²) in [7, 11) is 0. The Labute approximate surface area is 104 Å². The first-order valence-corrected chi connectivity index (χ1v) is 5.65. The highest BCUT2D eigenvalue weighted by Gasteiger charge is 2.30. The second kappa shape index (κ2) is 6.00. The second-order valence-corrected chi connectivity index (χ2v) is 3.94. The summed E-state index contributed by atoms with van der Waals surface area (Å²) in [5.74, 6) is -0.142. The van der Waals surface area contributed by atoms with Crippen LogP contribution in [-0.2, 0) is 22.1 Å². The van der Waals surface area contributed by atoms with Crippen molar-refractivity contribution in [2.24, 2.45) is 0 Å². The predicted octanol–water partition coefficient (Wildman–Crippen LogP) is 3.24. The van der Waals surface area contributed by atoms with E-state index in [1.807, 2.05) is 0 Å². The van der Waals surface area contributed by atoms with Crippen molar-refractivity contribution < 1.29 is 22.7 Å². The first kappa shape index (κ1) is 14.7. The molecule has 0 bridgehead atoms. The van der Waals surface area contributed by atoms with Crippen LogP contribution in [0.25, 0.3) is 0 Å². The lowest BCUT2D eigenvalue weighted by atomic mass is 10.0. The molecule has 0 radical (unpaired) electrons. The summed E-state index contributed by atoms with van der Waals surface area (Å²) < 4.78 is 42.1. The van der Waals surface area contributed by atoms with Gasteiger partial charge in [-0.25, -0.2) is 0 Å². The van der Waals surface area contributed by atoms with Crippen molar-refractivity contribution in [1.82, 2.24) is 0 Å². The van der Waals surface area contributed by atoms with E-state index in [0.29, 0.717) is 12.2 Å². The van der Waals surface area contributed by atoms with Gasteiger partial charge in [0, 0.05) is 13.0 Å². The van der Waals surface area contributed by atoms with Crippen molar-refractivity contribution in [2.75, 3.05) is 6.61 Å². The Bertz CT molecular complexity index is 396. The van der Waals surface area contributed by atoms with E-state index < -0.39 is 17.8 Å². The molecule has 5 heteroatoms. The highest BCUT2D eigenvalue weighted by Crippen LogP contribution is 2.29. The Morgan fingerprint density at radius 1 is 1.28 bits per heavy atom. The predicted molar refractivity (Wildman–Crippen MR) is 61.2 cm³/mol. The zero-order valence-electron chi connectivity index (χ0n) is 10.3. The van der Waals surface area contributed by atoms with Gasteiger partial charge < -0.3 is 4.74 Å². The molecule has 0 aliphatic heterocycles. The Morgan fingerprint density at radius 2 is 1.83 bits per heavy atom. The van der Waals surface area contributed by atoms with Crippen molar-refractivity contribution in [3.8, 4) is 0 Å². The fourth-order valence-electron chi connectivity index (χ4n) is 1.50. The van der Waals surface area contributed by atoms with E-state index in [1.165, 1.54) is 12.1 Å². The summed E-state index contributed by atoms with van der Waals surface area (Å²) in [6.45, 7) is 3.84. The molecule has 0 saturated carbocycles. The molecular weight excluding hydrogens is 245 g/mol. The van der Waals surface area contributed by atoms with Gasteiger partial charge in [-0.2, -0.15) is 13.2 Å². The topological polar surface area (TPSA) is 26.3 Å². The maximum absolute atomic E-state index is 12.3. The van der Waals surface area contributed by atoms with Crippen molar-refractivity contribution >= 4 is 5.78 Å². The molecule has 1 rings (SSSR count). The van der Waals surface area contributed by atoms with Gasteiger partial charge in [-0.05, 0) is 31.5 Å². The first-order chi connectivity index (χ1) is 8.34. The molecule has 0 aromatic heterocycles. The van der Waals surface area contributed by atoms with Crippen LogP contribution >= 0.6 is 0 Å². The number of alkyl halides is 3. The van der Waals surface area contributed by atoms with E-state index in [9.17, 15) is 18.0 Å². The molecule has 0 heterocycles. The zero-order valence-corrected chi connectivity index (χ0v) is 10.3. The zero-order chi connectivity index (χ0) is 13.8. The minimum Gasteiger partial charge on any atom is -0.371 e. The first-order valence-electron chi connectivity index (χ1n) is 5.65. The van der Waals surface area contributed by atoms with E-state index >= 15 is 0 Å². The van der Waals surface area contributed by atoms with Crippen LogP contribution in [0.5, 0.6) is 0 Å². The Hall–Kier alpha value is -1.36. The Morgan fingerprint density at radius 3 is 2.28 bits per heavy atom. The fraction of sp³-hybridized carbons (Fsp3) is 0.462. The van der Waals surface area contributed by atoms with Crippen LogP contribution in [0.2, 0.25) is 0 Å². The van der Waals surface area contributed by atoms with Gasteiger partial charge in [-0.3, -0.25) is 4.79 Å². The minimum atomic E-state index is -4.35. The van der Waals surface area contributed by atoms with Crippen molar-refractivity contribution in [3.63, 3.8) is 0 Å². The number of Topliss-reactive ketones (excluding diaryl/α,β-unsaturated/α-hetero) is 1. The summed E-state index contributed by atoms with van der Waals surface area (Å²) in [5.41, 5.74) is -0.156. The highest BCUT2D eigenvalue weighted by molar-refractivity contribution is 5.84.